The van der Waals surface area contributed by atoms with Crippen LogP contribution in [-0.2, 0) is 21.3 Å². The number of thiazole rings is 1. The van der Waals surface area contributed by atoms with Crippen molar-refractivity contribution in [2.24, 2.45) is 10.1 Å². The van der Waals surface area contributed by atoms with Crippen LogP contribution in [0.4, 0.5) is 0 Å². The summed E-state index contributed by atoms with van der Waals surface area (Å²) in [6, 6.07) is 8.97. The van der Waals surface area contributed by atoms with Crippen molar-refractivity contribution in [3.05, 3.63) is 56.8 Å². The number of rotatable bonds is 5. The van der Waals surface area contributed by atoms with Crippen molar-refractivity contribution in [3.63, 3.8) is 0 Å². The zero-order valence-electron chi connectivity index (χ0n) is 14.6. The molecule has 11 heteroatoms. The first-order chi connectivity index (χ1) is 13.2. The van der Waals surface area contributed by atoms with E-state index in [-0.39, 0.29) is 10.5 Å². The molecule has 1 heterocycles. The van der Waals surface area contributed by atoms with Gasteiger partial charge in [0.1, 0.15) is 0 Å². The maximum Gasteiger partial charge on any atom is 0.279 e. The standard InChI is InChI=1S/C17H15Cl2N3O4S2/c1-26-5-4-22-14-3-2-13(28(20,24)25)9-15(14)27-17(22)21-16(23)10-6-11(18)8-12(19)7-10/h2-3,6-9H,4-5H2,1H3,(H2,20,24,25). The van der Waals surface area contributed by atoms with Gasteiger partial charge < -0.3 is 9.30 Å². The van der Waals surface area contributed by atoms with Gasteiger partial charge >= 0.3 is 0 Å². The van der Waals surface area contributed by atoms with Crippen LogP contribution >= 0.6 is 34.5 Å². The monoisotopic (exact) mass is 459 g/mol. The minimum Gasteiger partial charge on any atom is -0.383 e. The molecule has 1 aromatic heterocycles. The van der Waals surface area contributed by atoms with E-state index in [0.29, 0.717) is 38.2 Å². The predicted molar refractivity (Wildman–Crippen MR) is 109 cm³/mol. The Morgan fingerprint density at radius 3 is 2.50 bits per heavy atom. The molecule has 0 spiro atoms. The number of methoxy groups -OCH3 is 1. The number of carbonyl (C=O) groups excluding carboxylic acids is 1. The molecule has 0 radical (unpaired) electrons. The smallest absolute Gasteiger partial charge is 0.279 e. The first kappa shape index (κ1) is 21.0. The number of hydrogen-bond acceptors (Lipinski definition) is 5. The fraction of sp³-hybridized carbons (Fsp3) is 0.176. The molecular weight excluding hydrogens is 445 g/mol. The summed E-state index contributed by atoms with van der Waals surface area (Å²) in [7, 11) is -2.28. The number of nitrogens with zero attached hydrogens (tertiary/aromatic N) is 2. The Labute approximate surface area is 175 Å². The summed E-state index contributed by atoms with van der Waals surface area (Å²) >= 11 is 13.1. The molecular formula is C17H15Cl2N3O4S2. The maximum atomic E-state index is 12.6. The molecule has 0 fully saturated rings. The van der Waals surface area contributed by atoms with Crippen LogP contribution in [0.2, 0.25) is 10.0 Å². The van der Waals surface area contributed by atoms with Crippen molar-refractivity contribution in [2.45, 2.75) is 11.4 Å². The van der Waals surface area contributed by atoms with Crippen LogP contribution < -0.4 is 9.94 Å². The second kappa shape index (κ2) is 8.32. The molecule has 0 saturated heterocycles. The average Bonchev–Trinajstić information content (AvgIpc) is 2.94. The van der Waals surface area contributed by atoms with E-state index in [2.05, 4.69) is 4.99 Å². The van der Waals surface area contributed by atoms with Crippen LogP contribution in [-0.4, -0.2) is 32.6 Å². The Morgan fingerprint density at radius 2 is 1.89 bits per heavy atom. The molecule has 0 aliphatic rings. The number of nitrogens with two attached hydrogens (primary N) is 1. The molecule has 2 aromatic carbocycles. The van der Waals surface area contributed by atoms with E-state index in [9.17, 15) is 13.2 Å². The summed E-state index contributed by atoms with van der Waals surface area (Å²) in [5.74, 6) is -0.520. The average molecular weight is 460 g/mol. The topological polar surface area (TPSA) is 104 Å². The lowest BCUT2D eigenvalue weighted by molar-refractivity contribution is 0.0997. The van der Waals surface area contributed by atoms with Crippen LogP contribution in [0.25, 0.3) is 10.2 Å². The molecule has 0 saturated carbocycles. The second-order valence-corrected chi connectivity index (χ2v) is 9.22. The van der Waals surface area contributed by atoms with Crippen LogP contribution in [0, 0.1) is 0 Å². The highest BCUT2D eigenvalue weighted by molar-refractivity contribution is 7.89. The Balaban J connectivity index is 2.17. The van der Waals surface area contributed by atoms with Gasteiger partial charge in [0.2, 0.25) is 10.0 Å². The van der Waals surface area contributed by atoms with Crippen molar-refractivity contribution in [1.29, 1.82) is 0 Å². The van der Waals surface area contributed by atoms with E-state index in [1.54, 1.807) is 17.7 Å². The number of ether oxygens (including phenoxy) is 1. The summed E-state index contributed by atoms with van der Waals surface area (Å²) < 4.78 is 30.8. The predicted octanol–water partition coefficient (Wildman–Crippen LogP) is 3.04. The van der Waals surface area contributed by atoms with Gasteiger partial charge in [0.15, 0.2) is 4.80 Å². The molecule has 7 nitrogen and oxygen atoms in total. The molecule has 3 rings (SSSR count). The Kier molecular flexibility index (Phi) is 6.23. The molecule has 3 aromatic rings. The molecule has 0 aliphatic carbocycles. The van der Waals surface area contributed by atoms with E-state index in [1.807, 2.05) is 0 Å². The SMILES string of the molecule is COCCn1c(=NC(=O)c2cc(Cl)cc(Cl)c2)sc2cc(S(N)(=O)=O)ccc21. The molecule has 0 bridgehead atoms. The molecule has 28 heavy (non-hydrogen) atoms. The number of fused-ring (bicyclic) bond motifs is 1. The van der Waals surface area contributed by atoms with E-state index in [4.69, 9.17) is 33.1 Å². The van der Waals surface area contributed by atoms with Gasteiger partial charge in [-0.1, -0.05) is 34.5 Å². The fourth-order valence-corrected chi connectivity index (χ4v) is 4.78. The largest absolute Gasteiger partial charge is 0.383 e. The third kappa shape index (κ3) is 4.62. The van der Waals surface area contributed by atoms with E-state index >= 15 is 0 Å². The Hall–Kier alpha value is -1.75. The number of primary sulfonamides is 1. The Morgan fingerprint density at radius 1 is 1.21 bits per heavy atom. The van der Waals surface area contributed by atoms with Gasteiger partial charge in [-0.3, -0.25) is 4.79 Å². The lowest BCUT2D eigenvalue weighted by Crippen LogP contribution is -2.19. The van der Waals surface area contributed by atoms with Gasteiger partial charge in [0.25, 0.3) is 5.91 Å². The minimum absolute atomic E-state index is 0.0142. The quantitative estimate of drug-likeness (QED) is 0.632. The molecule has 2 N–H and O–H groups in total. The lowest BCUT2D eigenvalue weighted by atomic mass is 10.2. The first-order valence-electron chi connectivity index (χ1n) is 7.89. The fourth-order valence-electron chi connectivity index (χ4n) is 2.54. The first-order valence-corrected chi connectivity index (χ1v) is 11.0. The molecule has 0 unspecified atom stereocenters. The third-order valence-corrected chi connectivity index (χ3v) is 6.20. The zero-order chi connectivity index (χ0) is 20.5. The summed E-state index contributed by atoms with van der Waals surface area (Å²) in [6.07, 6.45) is 0. The summed E-state index contributed by atoms with van der Waals surface area (Å²) in [5, 5.41) is 5.86. The lowest BCUT2D eigenvalue weighted by Gasteiger charge is -2.05. The molecule has 0 atom stereocenters. The van der Waals surface area contributed by atoms with Gasteiger partial charge in [-0.05, 0) is 36.4 Å². The van der Waals surface area contributed by atoms with Crippen LogP contribution in [0.3, 0.4) is 0 Å². The van der Waals surface area contributed by atoms with E-state index in [1.165, 1.54) is 41.7 Å². The number of benzene rings is 2. The second-order valence-electron chi connectivity index (χ2n) is 5.78. The summed E-state index contributed by atoms with van der Waals surface area (Å²) in [5.41, 5.74) is 0.962. The van der Waals surface area contributed by atoms with Crippen LogP contribution in [0.15, 0.2) is 46.3 Å². The number of amides is 1. The van der Waals surface area contributed by atoms with Crippen LogP contribution in [0.1, 0.15) is 10.4 Å². The van der Waals surface area contributed by atoms with Gasteiger partial charge in [-0.2, -0.15) is 4.99 Å². The van der Waals surface area contributed by atoms with Gasteiger partial charge in [-0.15, -0.1) is 0 Å². The number of halogens is 2. The van der Waals surface area contributed by atoms with E-state index < -0.39 is 15.9 Å². The zero-order valence-corrected chi connectivity index (χ0v) is 17.7. The normalized spacial score (nSPS) is 12.6. The molecule has 1 amide bonds. The third-order valence-electron chi connectivity index (χ3n) is 3.81. The van der Waals surface area contributed by atoms with Crippen molar-refractivity contribution in [2.75, 3.05) is 13.7 Å². The summed E-state index contributed by atoms with van der Waals surface area (Å²) in [4.78, 5) is 17.2. The van der Waals surface area contributed by atoms with Crippen molar-refractivity contribution < 1.29 is 17.9 Å². The highest BCUT2D eigenvalue weighted by Gasteiger charge is 2.14. The van der Waals surface area contributed by atoms with Crippen molar-refractivity contribution in [1.82, 2.24) is 4.57 Å². The maximum absolute atomic E-state index is 12.6. The van der Waals surface area contributed by atoms with Crippen LogP contribution in [0.5, 0.6) is 0 Å². The number of sulfonamides is 1. The van der Waals surface area contributed by atoms with Gasteiger partial charge in [-0.25, -0.2) is 13.6 Å². The number of carbonyl (C=O) groups is 1. The Bertz CT molecular complexity index is 1210. The number of hydrogen-bond donors (Lipinski definition) is 1. The molecule has 148 valence electrons. The number of aromatic nitrogens is 1. The van der Waals surface area contributed by atoms with E-state index in [0.717, 1.165) is 0 Å². The highest BCUT2D eigenvalue weighted by atomic mass is 35.5. The summed E-state index contributed by atoms with van der Waals surface area (Å²) in [6.45, 7) is 0.806. The molecule has 0 aliphatic heterocycles. The van der Waals surface area contributed by atoms with Crippen molar-refractivity contribution >= 4 is 60.7 Å². The van der Waals surface area contributed by atoms with Gasteiger partial charge in [0.05, 0.1) is 21.7 Å². The highest BCUT2D eigenvalue weighted by Crippen LogP contribution is 2.22. The minimum atomic E-state index is -3.84. The van der Waals surface area contributed by atoms with Gasteiger partial charge in [0, 0.05) is 29.3 Å². The van der Waals surface area contributed by atoms with Crippen molar-refractivity contribution in [3.8, 4) is 0 Å².